The van der Waals surface area contributed by atoms with Crippen molar-refractivity contribution < 1.29 is 28.8 Å². The molecular weight excluding hydrogens is 574 g/mol. The fourth-order valence-corrected chi connectivity index (χ4v) is 5.77. The minimum Gasteiger partial charge on any atom is -0.370 e. The van der Waals surface area contributed by atoms with Crippen LogP contribution >= 0.6 is 0 Å². The van der Waals surface area contributed by atoms with Crippen molar-refractivity contribution in [1.82, 2.24) is 36.4 Å². The van der Waals surface area contributed by atoms with Gasteiger partial charge in [-0.2, -0.15) is 0 Å². The Hall–Kier alpha value is -3.99. The molecule has 3 aliphatic rings. The van der Waals surface area contributed by atoms with Gasteiger partial charge in [-0.1, -0.05) is 0 Å². The molecule has 17 nitrogen and oxygen atoms in total. The van der Waals surface area contributed by atoms with Crippen molar-refractivity contribution in [3.8, 4) is 0 Å². The molecule has 3 saturated heterocycles. The molecule has 3 rings (SSSR count). The molecule has 1 unspecified atom stereocenters. The van der Waals surface area contributed by atoms with Crippen molar-refractivity contribution in [2.45, 2.75) is 88.1 Å². The molecule has 3 fully saturated rings. The third-order valence-corrected chi connectivity index (χ3v) is 8.07. The van der Waals surface area contributed by atoms with E-state index in [1.807, 2.05) is 0 Å². The van der Waals surface area contributed by atoms with Crippen molar-refractivity contribution in [1.29, 1.82) is 0 Å². The number of rotatable bonds is 8. The Bertz CT molecular complexity index is 1110. The van der Waals surface area contributed by atoms with Crippen molar-refractivity contribution in [2.75, 3.05) is 39.8 Å². The summed E-state index contributed by atoms with van der Waals surface area (Å²) in [6, 6.07) is -5.30. The lowest BCUT2D eigenvalue weighted by molar-refractivity contribution is -0.143. The van der Waals surface area contributed by atoms with Crippen LogP contribution < -0.4 is 43.8 Å². The lowest BCUT2D eigenvalue weighted by Gasteiger charge is -2.30. The molecule has 44 heavy (non-hydrogen) atoms. The molecule has 17 heteroatoms. The lowest BCUT2D eigenvalue weighted by Crippen LogP contribution is -2.59. The van der Waals surface area contributed by atoms with Crippen LogP contribution in [-0.4, -0.2) is 127 Å². The Kier molecular flexibility index (Phi) is 12.7. The van der Waals surface area contributed by atoms with E-state index in [9.17, 15) is 28.8 Å². The average Bonchev–Trinajstić information content (AvgIpc) is 3.63. The number of hydrogen-bond donors (Lipinski definition) is 8. The number of nitrogens with one attached hydrogen (secondary N) is 5. The molecule has 0 spiro atoms. The normalized spacial score (nSPS) is 29.1. The molecular formula is C27H47N11O6. The summed E-state index contributed by atoms with van der Waals surface area (Å²) in [5.41, 5.74) is 16.9. The number of hydrogen-bond acceptors (Lipinski definition) is 9. The maximum absolute atomic E-state index is 13.4. The van der Waals surface area contributed by atoms with Gasteiger partial charge in [-0.3, -0.25) is 33.8 Å². The first-order valence-electron chi connectivity index (χ1n) is 15.2. The topological polar surface area (TPSA) is 259 Å². The van der Waals surface area contributed by atoms with Gasteiger partial charge in [0, 0.05) is 25.7 Å². The molecule has 3 aliphatic heterocycles. The predicted octanol–water partition coefficient (Wildman–Crippen LogP) is -4.44. The maximum Gasteiger partial charge on any atom is 0.245 e. The third kappa shape index (κ3) is 9.25. The molecule has 3 heterocycles. The number of fused-ring (bicyclic) bond motifs is 2. The van der Waals surface area contributed by atoms with E-state index in [4.69, 9.17) is 17.2 Å². The van der Waals surface area contributed by atoms with E-state index in [1.165, 1.54) is 16.7 Å². The summed E-state index contributed by atoms with van der Waals surface area (Å²) in [5.74, 6) is -3.33. The summed E-state index contributed by atoms with van der Waals surface area (Å²) in [4.78, 5) is 86.7. The average molecular weight is 622 g/mol. The second kappa shape index (κ2) is 16.2. The minimum atomic E-state index is -1.05. The van der Waals surface area contributed by atoms with Crippen LogP contribution in [0.25, 0.3) is 0 Å². The Morgan fingerprint density at radius 3 is 2.25 bits per heavy atom. The molecule has 0 aromatic carbocycles. The summed E-state index contributed by atoms with van der Waals surface area (Å²) >= 11 is 0. The molecule has 0 bridgehead atoms. The second-order valence-electron chi connectivity index (χ2n) is 11.5. The Labute approximate surface area is 256 Å². The van der Waals surface area contributed by atoms with Crippen molar-refractivity contribution in [3.63, 3.8) is 0 Å². The summed E-state index contributed by atoms with van der Waals surface area (Å²) < 4.78 is 0. The number of carbonyl (C=O) groups is 6. The number of guanidine groups is 1. The first-order chi connectivity index (χ1) is 20.9. The van der Waals surface area contributed by atoms with Gasteiger partial charge in [-0.25, -0.2) is 0 Å². The van der Waals surface area contributed by atoms with Crippen LogP contribution in [0, 0.1) is 0 Å². The quantitative estimate of drug-likeness (QED) is 0.0732. The monoisotopic (exact) mass is 621 g/mol. The highest BCUT2D eigenvalue weighted by atomic mass is 16.2. The van der Waals surface area contributed by atoms with E-state index in [0.717, 1.165) is 0 Å². The van der Waals surface area contributed by atoms with E-state index in [0.29, 0.717) is 38.8 Å². The SMILES string of the molecule is CNCCC[C@@H]1NC(=O)[C@H]2C[C@H](N)CN2C(=O)CNC(=O)[C@H](CCCN=C(N)N)NC(=O)[C@H]2CCCN2C(=O)C(C)NC1=O. The zero-order chi connectivity index (χ0) is 32.4. The Morgan fingerprint density at radius 2 is 1.57 bits per heavy atom. The van der Waals surface area contributed by atoms with Gasteiger partial charge in [0.15, 0.2) is 5.96 Å². The molecule has 0 radical (unpaired) electrons. The molecule has 0 aliphatic carbocycles. The molecule has 6 atom stereocenters. The fraction of sp³-hybridized carbons (Fsp3) is 0.741. The van der Waals surface area contributed by atoms with E-state index < -0.39 is 78.2 Å². The summed E-state index contributed by atoms with van der Waals surface area (Å²) in [7, 11) is 1.77. The van der Waals surface area contributed by atoms with Crippen molar-refractivity contribution >= 4 is 41.4 Å². The van der Waals surface area contributed by atoms with Gasteiger partial charge in [0.25, 0.3) is 0 Å². The lowest BCUT2D eigenvalue weighted by atomic mass is 10.1. The molecule has 246 valence electrons. The number of nitrogens with two attached hydrogens (primary N) is 3. The number of nitrogens with zero attached hydrogens (tertiary/aromatic N) is 3. The second-order valence-corrected chi connectivity index (χ2v) is 11.5. The van der Waals surface area contributed by atoms with Crippen LogP contribution in [0.5, 0.6) is 0 Å². The maximum atomic E-state index is 13.4. The zero-order valence-electron chi connectivity index (χ0n) is 25.5. The molecule has 11 N–H and O–H groups in total. The number of carbonyl (C=O) groups excluding carboxylic acids is 6. The summed E-state index contributed by atoms with van der Waals surface area (Å²) in [5, 5.41) is 13.7. The van der Waals surface area contributed by atoms with Crippen LogP contribution in [-0.2, 0) is 28.8 Å². The predicted molar refractivity (Wildman–Crippen MR) is 160 cm³/mol. The zero-order valence-corrected chi connectivity index (χ0v) is 25.5. The van der Waals surface area contributed by atoms with Crippen molar-refractivity contribution in [3.05, 3.63) is 0 Å². The minimum absolute atomic E-state index is 0.0884. The standard InChI is InChI=1S/C27H47N11O6/c1-15-26(44)37-11-5-8-19(37)24(42)35-17(7-4-10-32-27(29)30)22(40)33-13-21(39)38-14-16(28)12-20(38)25(43)36-18(23(41)34-15)6-3-9-31-2/h15-20,31H,3-14,28H2,1-2H3,(H,33,40)(H,34,41)(H,35,42)(H,36,43)(H4,29,30,32)/t15?,16-,17-,18-,19+,20+/m0/s1. The van der Waals surface area contributed by atoms with E-state index in [-0.39, 0.29) is 38.3 Å². The first-order valence-corrected chi connectivity index (χ1v) is 15.2. The molecule has 0 aromatic rings. The van der Waals surface area contributed by atoms with E-state index in [2.05, 4.69) is 31.6 Å². The number of amides is 6. The van der Waals surface area contributed by atoms with Gasteiger partial charge in [-0.15, -0.1) is 0 Å². The van der Waals surface area contributed by atoms with E-state index in [1.54, 1.807) is 7.05 Å². The smallest absolute Gasteiger partial charge is 0.245 e. The van der Waals surface area contributed by atoms with Gasteiger partial charge in [-0.05, 0) is 65.5 Å². The highest BCUT2D eigenvalue weighted by molar-refractivity contribution is 5.97. The van der Waals surface area contributed by atoms with Gasteiger partial charge < -0.3 is 53.6 Å². The fourth-order valence-electron chi connectivity index (χ4n) is 5.77. The third-order valence-electron chi connectivity index (χ3n) is 8.07. The Morgan fingerprint density at radius 1 is 0.909 bits per heavy atom. The van der Waals surface area contributed by atoms with Crippen LogP contribution in [0.3, 0.4) is 0 Å². The molecule has 6 amide bonds. The number of aliphatic imine (C=N–C) groups is 1. The van der Waals surface area contributed by atoms with Gasteiger partial charge in [0.05, 0.1) is 6.54 Å². The van der Waals surface area contributed by atoms with Gasteiger partial charge >= 0.3 is 0 Å². The van der Waals surface area contributed by atoms with Gasteiger partial charge in [0.2, 0.25) is 35.4 Å². The highest BCUT2D eigenvalue weighted by Gasteiger charge is 2.41. The van der Waals surface area contributed by atoms with Crippen LogP contribution in [0.15, 0.2) is 4.99 Å². The Balaban J connectivity index is 1.89. The largest absolute Gasteiger partial charge is 0.370 e. The van der Waals surface area contributed by atoms with E-state index >= 15 is 0 Å². The first kappa shape index (κ1) is 34.5. The van der Waals surface area contributed by atoms with Crippen LogP contribution in [0.4, 0.5) is 0 Å². The molecule has 0 saturated carbocycles. The summed E-state index contributed by atoms with van der Waals surface area (Å²) in [6.45, 7) is 2.28. The highest BCUT2D eigenvalue weighted by Crippen LogP contribution is 2.20. The van der Waals surface area contributed by atoms with Crippen molar-refractivity contribution in [2.24, 2.45) is 22.2 Å². The van der Waals surface area contributed by atoms with Crippen LogP contribution in [0.1, 0.15) is 51.9 Å². The van der Waals surface area contributed by atoms with Gasteiger partial charge in [0.1, 0.15) is 30.2 Å². The van der Waals surface area contributed by atoms with Crippen LogP contribution in [0.2, 0.25) is 0 Å². The molecule has 0 aromatic heterocycles. The summed E-state index contributed by atoms with van der Waals surface area (Å²) in [6.07, 6.45) is 2.44.